The molecule has 0 radical (unpaired) electrons. The molecule has 0 unspecified atom stereocenters. The van der Waals surface area contributed by atoms with Gasteiger partial charge in [-0.05, 0) is 31.2 Å². The molecule has 3 aromatic heterocycles. The van der Waals surface area contributed by atoms with Crippen LogP contribution in [0.15, 0.2) is 41.1 Å². The Hall–Kier alpha value is -3.42. The van der Waals surface area contributed by atoms with Crippen molar-refractivity contribution >= 4 is 23.1 Å². The van der Waals surface area contributed by atoms with Crippen molar-refractivity contribution in [2.75, 3.05) is 16.4 Å². The van der Waals surface area contributed by atoms with Crippen molar-refractivity contribution < 1.29 is 9.21 Å². The number of amides is 1. The van der Waals surface area contributed by atoms with Gasteiger partial charge in [0, 0.05) is 25.0 Å². The van der Waals surface area contributed by atoms with Crippen LogP contribution >= 0.6 is 0 Å². The van der Waals surface area contributed by atoms with Gasteiger partial charge < -0.3 is 20.8 Å². The Morgan fingerprint density at radius 3 is 2.80 bits per heavy atom. The van der Waals surface area contributed by atoms with Crippen LogP contribution in [0.2, 0.25) is 0 Å². The number of nitrogen functional groups attached to an aromatic ring is 1. The van der Waals surface area contributed by atoms with E-state index in [-0.39, 0.29) is 11.6 Å². The number of rotatable bonds is 5. The molecule has 0 bridgehead atoms. The molecule has 0 aromatic carbocycles. The fourth-order valence-corrected chi connectivity index (χ4v) is 2.34. The van der Waals surface area contributed by atoms with Gasteiger partial charge in [-0.15, -0.1) is 0 Å². The number of nitrogens with zero attached hydrogens (tertiary/aromatic N) is 3. The first-order chi connectivity index (χ1) is 12.0. The van der Waals surface area contributed by atoms with E-state index in [4.69, 9.17) is 10.2 Å². The molecule has 25 heavy (non-hydrogen) atoms. The Bertz CT molecular complexity index is 906. The zero-order valence-corrected chi connectivity index (χ0v) is 13.9. The van der Waals surface area contributed by atoms with Crippen molar-refractivity contribution in [2.45, 2.75) is 20.4 Å². The minimum atomic E-state index is -0.323. The van der Waals surface area contributed by atoms with Gasteiger partial charge in [-0.3, -0.25) is 9.78 Å². The van der Waals surface area contributed by atoms with Gasteiger partial charge in [-0.1, -0.05) is 0 Å². The first kappa shape index (κ1) is 16.4. The first-order valence-electron chi connectivity index (χ1n) is 7.67. The lowest BCUT2D eigenvalue weighted by atomic mass is 10.2. The van der Waals surface area contributed by atoms with Gasteiger partial charge in [0.25, 0.3) is 5.91 Å². The maximum atomic E-state index is 12.3. The highest BCUT2D eigenvalue weighted by Gasteiger charge is 2.15. The maximum absolute atomic E-state index is 12.3. The van der Waals surface area contributed by atoms with Gasteiger partial charge in [0.15, 0.2) is 11.6 Å². The van der Waals surface area contributed by atoms with Crippen LogP contribution in [0.25, 0.3) is 0 Å². The van der Waals surface area contributed by atoms with E-state index in [1.54, 1.807) is 44.4 Å². The molecular formula is C17H18N6O2. The topological polar surface area (TPSA) is 119 Å². The van der Waals surface area contributed by atoms with Crippen molar-refractivity contribution in [2.24, 2.45) is 0 Å². The van der Waals surface area contributed by atoms with Crippen LogP contribution in [-0.4, -0.2) is 20.9 Å². The summed E-state index contributed by atoms with van der Waals surface area (Å²) in [6, 6.07) is 7.12. The van der Waals surface area contributed by atoms with E-state index in [0.717, 1.165) is 11.4 Å². The molecule has 0 aliphatic heterocycles. The number of aromatic nitrogens is 3. The van der Waals surface area contributed by atoms with Crippen LogP contribution in [0.1, 0.15) is 27.8 Å². The molecule has 8 nitrogen and oxygen atoms in total. The van der Waals surface area contributed by atoms with Gasteiger partial charge in [-0.2, -0.15) is 0 Å². The number of anilines is 3. The summed E-state index contributed by atoms with van der Waals surface area (Å²) in [6.45, 7) is 3.85. The molecule has 0 fully saturated rings. The van der Waals surface area contributed by atoms with Crippen molar-refractivity contribution in [3.05, 3.63) is 59.7 Å². The van der Waals surface area contributed by atoms with Gasteiger partial charge in [0.2, 0.25) is 0 Å². The molecule has 1 amide bonds. The summed E-state index contributed by atoms with van der Waals surface area (Å²) in [4.78, 5) is 24.7. The van der Waals surface area contributed by atoms with E-state index in [2.05, 4.69) is 25.6 Å². The van der Waals surface area contributed by atoms with Crippen LogP contribution in [0.3, 0.4) is 0 Å². The Kier molecular flexibility index (Phi) is 4.60. The third-order valence-electron chi connectivity index (χ3n) is 3.49. The number of carbonyl (C=O) groups is 1. The molecule has 3 heterocycles. The lowest BCUT2D eigenvalue weighted by Crippen LogP contribution is -2.14. The summed E-state index contributed by atoms with van der Waals surface area (Å²) < 4.78 is 5.28. The van der Waals surface area contributed by atoms with Crippen molar-refractivity contribution in [1.29, 1.82) is 0 Å². The SMILES string of the molecule is Cc1nc(C(=O)Nc2ccnc(CNc3cccnc3N)c2)c(C)o1. The predicted octanol–water partition coefficient (Wildman–Crippen LogP) is 2.53. The molecular weight excluding hydrogens is 320 g/mol. The normalized spacial score (nSPS) is 10.5. The number of hydrogen-bond donors (Lipinski definition) is 3. The van der Waals surface area contributed by atoms with Gasteiger partial charge >= 0.3 is 0 Å². The van der Waals surface area contributed by atoms with Crippen molar-refractivity contribution in [3.8, 4) is 0 Å². The lowest BCUT2D eigenvalue weighted by molar-refractivity contribution is 0.102. The zero-order chi connectivity index (χ0) is 17.8. The molecule has 3 rings (SSSR count). The van der Waals surface area contributed by atoms with E-state index >= 15 is 0 Å². The van der Waals surface area contributed by atoms with Gasteiger partial charge in [0.05, 0.1) is 17.9 Å². The number of nitrogens with two attached hydrogens (primary N) is 1. The summed E-state index contributed by atoms with van der Waals surface area (Å²) in [5.74, 6) is 1.04. The molecule has 0 aliphatic carbocycles. The standard InChI is InChI=1S/C17H18N6O2/c1-10-15(22-11(2)25-10)17(24)23-12-5-7-19-13(8-12)9-21-14-4-3-6-20-16(14)18/h3-8,21H,9H2,1-2H3,(H2,18,20)(H,19,23,24). The second-order valence-corrected chi connectivity index (χ2v) is 5.42. The summed E-state index contributed by atoms with van der Waals surface area (Å²) in [6.07, 6.45) is 3.25. The Morgan fingerprint density at radius 1 is 1.24 bits per heavy atom. The maximum Gasteiger partial charge on any atom is 0.277 e. The second-order valence-electron chi connectivity index (χ2n) is 5.42. The summed E-state index contributed by atoms with van der Waals surface area (Å²) in [5.41, 5.74) is 8.16. The molecule has 0 saturated carbocycles. The summed E-state index contributed by atoms with van der Waals surface area (Å²) in [7, 11) is 0. The van der Waals surface area contributed by atoms with Gasteiger partial charge in [-0.25, -0.2) is 9.97 Å². The van der Waals surface area contributed by atoms with E-state index in [9.17, 15) is 4.79 Å². The van der Waals surface area contributed by atoms with Crippen LogP contribution < -0.4 is 16.4 Å². The first-order valence-corrected chi connectivity index (χ1v) is 7.67. The average molecular weight is 338 g/mol. The largest absolute Gasteiger partial charge is 0.445 e. The third-order valence-corrected chi connectivity index (χ3v) is 3.49. The van der Waals surface area contributed by atoms with Crippen LogP contribution in [0.4, 0.5) is 17.2 Å². The number of pyridine rings is 2. The highest BCUT2D eigenvalue weighted by Crippen LogP contribution is 2.17. The average Bonchev–Trinajstić information content (AvgIpc) is 2.93. The minimum Gasteiger partial charge on any atom is -0.445 e. The molecule has 0 atom stereocenters. The van der Waals surface area contributed by atoms with E-state index in [1.807, 2.05) is 6.07 Å². The van der Waals surface area contributed by atoms with Crippen molar-refractivity contribution in [3.63, 3.8) is 0 Å². The highest BCUT2D eigenvalue weighted by molar-refractivity contribution is 6.03. The molecule has 4 N–H and O–H groups in total. The number of carbonyl (C=O) groups excluding carboxylic acids is 1. The molecule has 0 aliphatic rings. The number of aryl methyl sites for hydroxylation is 2. The molecule has 3 aromatic rings. The predicted molar refractivity (Wildman–Crippen MR) is 94.1 cm³/mol. The van der Waals surface area contributed by atoms with Crippen LogP contribution in [0, 0.1) is 13.8 Å². The van der Waals surface area contributed by atoms with Crippen LogP contribution in [-0.2, 0) is 6.54 Å². The van der Waals surface area contributed by atoms with E-state index in [0.29, 0.717) is 29.7 Å². The molecule has 128 valence electrons. The Labute approximate surface area is 144 Å². The molecule has 8 heteroatoms. The number of oxazole rings is 1. The fourth-order valence-electron chi connectivity index (χ4n) is 2.34. The third kappa shape index (κ3) is 3.92. The second kappa shape index (κ2) is 7.00. The smallest absolute Gasteiger partial charge is 0.277 e. The fraction of sp³-hybridized carbons (Fsp3) is 0.176. The van der Waals surface area contributed by atoms with Crippen LogP contribution in [0.5, 0.6) is 0 Å². The summed E-state index contributed by atoms with van der Waals surface area (Å²) in [5, 5.41) is 5.96. The van der Waals surface area contributed by atoms with Crippen molar-refractivity contribution in [1.82, 2.24) is 15.0 Å². The Balaban J connectivity index is 1.68. The number of hydrogen-bond acceptors (Lipinski definition) is 7. The Morgan fingerprint density at radius 2 is 2.08 bits per heavy atom. The van der Waals surface area contributed by atoms with E-state index < -0.39 is 0 Å². The zero-order valence-electron chi connectivity index (χ0n) is 13.9. The minimum absolute atomic E-state index is 0.275. The quantitative estimate of drug-likeness (QED) is 0.654. The highest BCUT2D eigenvalue weighted by atomic mass is 16.4. The summed E-state index contributed by atoms with van der Waals surface area (Å²) >= 11 is 0. The monoisotopic (exact) mass is 338 g/mol. The molecule has 0 saturated heterocycles. The number of nitrogens with one attached hydrogen (secondary N) is 2. The van der Waals surface area contributed by atoms with E-state index in [1.165, 1.54) is 0 Å². The van der Waals surface area contributed by atoms with Gasteiger partial charge in [0.1, 0.15) is 11.6 Å². The molecule has 0 spiro atoms. The lowest BCUT2D eigenvalue weighted by Gasteiger charge is -2.09.